The molecule has 1 saturated carbocycles. The van der Waals surface area contributed by atoms with Gasteiger partial charge in [-0.05, 0) is 54.7 Å². The highest BCUT2D eigenvalue weighted by atomic mass is 16.3. The predicted octanol–water partition coefficient (Wildman–Crippen LogP) is 2.56. The van der Waals surface area contributed by atoms with E-state index in [0.29, 0.717) is 24.8 Å². The molecule has 1 heterocycles. The van der Waals surface area contributed by atoms with Gasteiger partial charge in [0.25, 0.3) is 5.91 Å². The van der Waals surface area contributed by atoms with Crippen LogP contribution in [0.4, 0.5) is 0 Å². The number of amides is 1. The third-order valence-corrected chi connectivity index (χ3v) is 4.89. The maximum Gasteiger partial charge on any atom is 0.252 e. The topological polar surface area (TPSA) is 62.2 Å². The van der Waals surface area contributed by atoms with Gasteiger partial charge in [-0.25, -0.2) is 0 Å². The van der Waals surface area contributed by atoms with Crippen LogP contribution in [0.1, 0.15) is 45.6 Å². The first kappa shape index (κ1) is 16.9. The van der Waals surface area contributed by atoms with Crippen molar-refractivity contribution in [2.45, 2.75) is 52.1 Å². The summed E-state index contributed by atoms with van der Waals surface area (Å²) in [5.74, 6) is 0.547. The molecule has 1 fully saturated rings. The zero-order valence-corrected chi connectivity index (χ0v) is 13.9. The van der Waals surface area contributed by atoms with Crippen LogP contribution in [0.5, 0.6) is 0 Å². The molecule has 4 heteroatoms. The number of nitrogens with one attached hydrogen (secondary N) is 1. The molecule has 3 unspecified atom stereocenters. The smallest absolute Gasteiger partial charge is 0.252 e. The molecule has 1 amide bonds. The number of nitrogens with zero attached hydrogens (tertiary/aromatic N) is 1. The third-order valence-electron chi connectivity index (χ3n) is 4.89. The summed E-state index contributed by atoms with van der Waals surface area (Å²) in [6.07, 6.45) is 6.84. The third kappa shape index (κ3) is 3.86. The minimum absolute atomic E-state index is 0.0459. The summed E-state index contributed by atoms with van der Waals surface area (Å²) in [5, 5.41) is 14.0. The SMILES string of the molecule is CC1CCC(C(C)C)C(O)(C(=O)NCCc2ccncc2)C1. The molecule has 1 aromatic heterocycles. The maximum absolute atomic E-state index is 12.6. The van der Waals surface area contributed by atoms with E-state index in [2.05, 4.69) is 31.1 Å². The van der Waals surface area contributed by atoms with Gasteiger partial charge in [0.2, 0.25) is 0 Å². The lowest BCUT2D eigenvalue weighted by Gasteiger charge is -2.43. The van der Waals surface area contributed by atoms with E-state index >= 15 is 0 Å². The fraction of sp³-hybridized carbons (Fsp3) is 0.667. The van der Waals surface area contributed by atoms with Crippen molar-refractivity contribution in [2.75, 3.05) is 6.54 Å². The van der Waals surface area contributed by atoms with Crippen LogP contribution in [0, 0.1) is 17.8 Å². The Bertz CT molecular complexity index is 489. The molecule has 22 heavy (non-hydrogen) atoms. The highest BCUT2D eigenvalue weighted by Crippen LogP contribution is 2.41. The second-order valence-electron chi connectivity index (χ2n) is 7.02. The molecule has 1 aliphatic rings. The largest absolute Gasteiger partial charge is 0.380 e. The Labute approximate surface area is 133 Å². The molecule has 122 valence electrons. The van der Waals surface area contributed by atoms with Gasteiger partial charge in [0, 0.05) is 18.9 Å². The number of hydrogen-bond donors (Lipinski definition) is 2. The average molecular weight is 304 g/mol. The lowest BCUT2D eigenvalue weighted by atomic mass is 9.66. The van der Waals surface area contributed by atoms with Crippen LogP contribution in [-0.2, 0) is 11.2 Å². The molecule has 2 rings (SSSR count). The highest BCUT2D eigenvalue weighted by molar-refractivity contribution is 5.85. The van der Waals surface area contributed by atoms with Gasteiger partial charge in [0.05, 0.1) is 0 Å². The lowest BCUT2D eigenvalue weighted by Crippen LogP contribution is -2.56. The molecule has 0 bridgehead atoms. The summed E-state index contributed by atoms with van der Waals surface area (Å²) < 4.78 is 0. The monoisotopic (exact) mass is 304 g/mol. The Morgan fingerprint density at radius 3 is 2.73 bits per heavy atom. The summed E-state index contributed by atoms with van der Waals surface area (Å²) in [4.78, 5) is 16.6. The van der Waals surface area contributed by atoms with E-state index in [1.807, 2.05) is 12.1 Å². The summed E-state index contributed by atoms with van der Waals surface area (Å²) in [5.41, 5.74) is -0.0796. The van der Waals surface area contributed by atoms with Crippen LogP contribution in [0.2, 0.25) is 0 Å². The first-order valence-corrected chi connectivity index (χ1v) is 8.33. The van der Waals surface area contributed by atoms with E-state index in [1.165, 1.54) is 0 Å². The summed E-state index contributed by atoms with van der Waals surface area (Å²) in [6, 6.07) is 3.89. The molecule has 0 aromatic carbocycles. The molecular formula is C18H28N2O2. The molecule has 0 aliphatic heterocycles. The Hall–Kier alpha value is -1.42. The van der Waals surface area contributed by atoms with E-state index in [0.717, 1.165) is 24.8 Å². The van der Waals surface area contributed by atoms with Crippen molar-refractivity contribution in [3.63, 3.8) is 0 Å². The van der Waals surface area contributed by atoms with Gasteiger partial charge < -0.3 is 10.4 Å². The normalized spacial score (nSPS) is 28.6. The minimum Gasteiger partial charge on any atom is -0.380 e. The molecular weight excluding hydrogens is 276 g/mol. The van der Waals surface area contributed by atoms with Crippen LogP contribution in [-0.4, -0.2) is 28.1 Å². The Balaban J connectivity index is 1.96. The predicted molar refractivity (Wildman–Crippen MR) is 87.2 cm³/mol. The van der Waals surface area contributed by atoms with E-state index in [1.54, 1.807) is 12.4 Å². The molecule has 1 aliphatic carbocycles. The van der Waals surface area contributed by atoms with Crippen molar-refractivity contribution in [2.24, 2.45) is 17.8 Å². The number of carbonyl (C=O) groups is 1. The Kier molecular flexibility index (Phi) is 5.57. The van der Waals surface area contributed by atoms with E-state index < -0.39 is 5.60 Å². The van der Waals surface area contributed by atoms with Crippen LogP contribution in [0.25, 0.3) is 0 Å². The van der Waals surface area contributed by atoms with Crippen LogP contribution >= 0.6 is 0 Å². The van der Waals surface area contributed by atoms with Gasteiger partial charge in [-0.2, -0.15) is 0 Å². The number of carbonyl (C=O) groups excluding carboxylic acids is 1. The van der Waals surface area contributed by atoms with Crippen molar-refractivity contribution in [1.29, 1.82) is 0 Å². The average Bonchev–Trinajstić information content (AvgIpc) is 2.47. The minimum atomic E-state index is -1.22. The molecule has 3 atom stereocenters. The fourth-order valence-electron chi connectivity index (χ4n) is 3.66. The van der Waals surface area contributed by atoms with Crippen molar-refractivity contribution in [1.82, 2.24) is 10.3 Å². The van der Waals surface area contributed by atoms with Crippen LogP contribution < -0.4 is 5.32 Å². The Morgan fingerprint density at radius 2 is 2.09 bits per heavy atom. The number of aliphatic hydroxyl groups is 1. The van der Waals surface area contributed by atoms with Crippen molar-refractivity contribution >= 4 is 5.91 Å². The van der Waals surface area contributed by atoms with E-state index in [4.69, 9.17) is 0 Å². The number of hydrogen-bond acceptors (Lipinski definition) is 3. The molecule has 2 N–H and O–H groups in total. The summed E-state index contributed by atoms with van der Waals surface area (Å²) in [6.45, 7) is 6.85. The van der Waals surface area contributed by atoms with E-state index in [9.17, 15) is 9.90 Å². The van der Waals surface area contributed by atoms with Crippen molar-refractivity contribution in [3.05, 3.63) is 30.1 Å². The lowest BCUT2D eigenvalue weighted by molar-refractivity contribution is -0.155. The zero-order valence-electron chi connectivity index (χ0n) is 13.9. The molecule has 4 nitrogen and oxygen atoms in total. The van der Waals surface area contributed by atoms with Gasteiger partial charge in [-0.1, -0.05) is 27.2 Å². The molecule has 0 saturated heterocycles. The van der Waals surface area contributed by atoms with Crippen LogP contribution in [0.3, 0.4) is 0 Å². The van der Waals surface area contributed by atoms with Crippen molar-refractivity contribution < 1.29 is 9.90 Å². The number of rotatable bonds is 5. The van der Waals surface area contributed by atoms with Gasteiger partial charge in [-0.3, -0.25) is 9.78 Å². The van der Waals surface area contributed by atoms with Gasteiger partial charge in [-0.15, -0.1) is 0 Å². The molecule has 0 radical (unpaired) electrons. The summed E-state index contributed by atoms with van der Waals surface area (Å²) >= 11 is 0. The van der Waals surface area contributed by atoms with Crippen molar-refractivity contribution in [3.8, 4) is 0 Å². The molecule has 0 spiro atoms. The van der Waals surface area contributed by atoms with Gasteiger partial charge >= 0.3 is 0 Å². The standard InChI is InChI=1S/C18H28N2O2/c1-13(2)16-5-4-14(3)12-18(16,22)17(21)20-11-8-15-6-9-19-10-7-15/h6-7,9-10,13-14,16,22H,4-5,8,11-12H2,1-3H3,(H,20,21). The first-order chi connectivity index (χ1) is 10.4. The van der Waals surface area contributed by atoms with E-state index in [-0.39, 0.29) is 11.8 Å². The quantitative estimate of drug-likeness (QED) is 0.879. The number of aromatic nitrogens is 1. The maximum atomic E-state index is 12.6. The highest BCUT2D eigenvalue weighted by Gasteiger charge is 2.48. The summed E-state index contributed by atoms with van der Waals surface area (Å²) in [7, 11) is 0. The fourth-order valence-corrected chi connectivity index (χ4v) is 3.66. The van der Waals surface area contributed by atoms with Crippen LogP contribution in [0.15, 0.2) is 24.5 Å². The molecule has 1 aromatic rings. The zero-order chi connectivity index (χ0) is 16.2. The van der Waals surface area contributed by atoms with Gasteiger partial charge in [0.1, 0.15) is 5.60 Å². The number of pyridine rings is 1. The Morgan fingerprint density at radius 1 is 1.41 bits per heavy atom. The second-order valence-corrected chi connectivity index (χ2v) is 7.02. The van der Waals surface area contributed by atoms with Gasteiger partial charge in [0.15, 0.2) is 0 Å². The first-order valence-electron chi connectivity index (χ1n) is 8.33. The second kappa shape index (κ2) is 7.23.